The van der Waals surface area contributed by atoms with Gasteiger partial charge in [-0.3, -0.25) is 9.79 Å². The van der Waals surface area contributed by atoms with Gasteiger partial charge in [0.05, 0.1) is 5.41 Å². The Bertz CT molecular complexity index is 309. The van der Waals surface area contributed by atoms with Crippen LogP contribution in [0.3, 0.4) is 0 Å². The number of halogens is 1. The highest BCUT2D eigenvalue weighted by Crippen LogP contribution is 2.13. The minimum atomic E-state index is -0.473. The van der Waals surface area contributed by atoms with Gasteiger partial charge in [-0.15, -0.1) is 24.0 Å². The molecule has 0 bridgehead atoms. The van der Waals surface area contributed by atoms with Crippen LogP contribution in [0.1, 0.15) is 34.1 Å². The van der Waals surface area contributed by atoms with E-state index in [2.05, 4.69) is 20.9 Å². The molecule has 0 aromatic rings. The van der Waals surface area contributed by atoms with Crippen LogP contribution in [0.2, 0.25) is 0 Å². The van der Waals surface area contributed by atoms with Crippen LogP contribution in [-0.2, 0) is 9.53 Å². The van der Waals surface area contributed by atoms with E-state index < -0.39 is 5.41 Å². The highest BCUT2D eigenvalue weighted by Gasteiger charge is 2.27. The van der Waals surface area contributed by atoms with Crippen molar-refractivity contribution in [3.05, 3.63) is 0 Å². The van der Waals surface area contributed by atoms with Crippen LogP contribution in [-0.4, -0.2) is 51.8 Å². The molecule has 0 saturated carbocycles. The summed E-state index contributed by atoms with van der Waals surface area (Å²) >= 11 is 0. The minimum absolute atomic E-state index is 0. The lowest BCUT2D eigenvalue weighted by molar-refractivity contribution is -0.128. The molecule has 0 aromatic carbocycles. The van der Waals surface area contributed by atoms with E-state index in [9.17, 15) is 4.79 Å². The molecule has 6 nitrogen and oxygen atoms in total. The predicted molar refractivity (Wildman–Crippen MR) is 98.4 cm³/mol. The number of nitrogens with zero attached hydrogens (tertiary/aromatic N) is 1. The molecular formula is C14H31IN4O2. The molecule has 3 N–H and O–H groups in total. The Kier molecular flexibility index (Phi) is 14.2. The average Bonchev–Trinajstić information content (AvgIpc) is 2.42. The van der Waals surface area contributed by atoms with E-state index in [0.29, 0.717) is 19.0 Å². The van der Waals surface area contributed by atoms with Crippen molar-refractivity contribution in [1.29, 1.82) is 0 Å². The molecule has 1 amide bonds. The summed E-state index contributed by atoms with van der Waals surface area (Å²) in [6.07, 6.45) is 0.925. The summed E-state index contributed by atoms with van der Waals surface area (Å²) in [5.41, 5.74) is -0.473. The van der Waals surface area contributed by atoms with Crippen molar-refractivity contribution in [1.82, 2.24) is 16.0 Å². The fourth-order valence-electron chi connectivity index (χ4n) is 1.53. The Morgan fingerprint density at radius 1 is 1.19 bits per heavy atom. The van der Waals surface area contributed by atoms with Crippen LogP contribution >= 0.6 is 24.0 Å². The Labute approximate surface area is 145 Å². The van der Waals surface area contributed by atoms with Gasteiger partial charge in [0.15, 0.2) is 5.96 Å². The van der Waals surface area contributed by atoms with Gasteiger partial charge in [0, 0.05) is 39.9 Å². The Hall–Kier alpha value is -0.570. The molecule has 0 saturated heterocycles. The summed E-state index contributed by atoms with van der Waals surface area (Å²) in [7, 11) is 1.72. The number of hydrogen-bond donors (Lipinski definition) is 3. The molecule has 0 radical (unpaired) electrons. The number of carbonyl (C=O) groups is 1. The fraction of sp³-hybridized carbons (Fsp3) is 0.857. The van der Waals surface area contributed by atoms with Crippen molar-refractivity contribution in [3.8, 4) is 0 Å². The number of hydrogen-bond acceptors (Lipinski definition) is 3. The van der Waals surface area contributed by atoms with E-state index in [1.54, 1.807) is 7.05 Å². The summed E-state index contributed by atoms with van der Waals surface area (Å²) in [6.45, 7) is 11.2. The number of nitrogens with one attached hydrogen (secondary N) is 3. The van der Waals surface area contributed by atoms with Crippen LogP contribution in [0.5, 0.6) is 0 Å². The summed E-state index contributed by atoms with van der Waals surface area (Å²) in [5.74, 6) is 0.748. The monoisotopic (exact) mass is 414 g/mol. The third-order valence-electron chi connectivity index (χ3n) is 2.84. The number of amides is 1. The molecular weight excluding hydrogens is 383 g/mol. The smallest absolute Gasteiger partial charge is 0.227 e. The second-order valence-electron chi connectivity index (χ2n) is 5.15. The van der Waals surface area contributed by atoms with Gasteiger partial charge < -0.3 is 20.7 Å². The predicted octanol–water partition coefficient (Wildman–Crippen LogP) is 1.36. The lowest BCUT2D eigenvalue weighted by Crippen LogP contribution is -2.48. The zero-order valence-corrected chi connectivity index (χ0v) is 16.2. The zero-order chi connectivity index (χ0) is 15.4. The topological polar surface area (TPSA) is 74.8 Å². The van der Waals surface area contributed by atoms with Gasteiger partial charge >= 0.3 is 0 Å². The Morgan fingerprint density at radius 3 is 2.38 bits per heavy atom. The molecule has 0 aliphatic rings. The van der Waals surface area contributed by atoms with Crippen molar-refractivity contribution in [2.75, 3.05) is 39.9 Å². The molecule has 0 aromatic heterocycles. The first-order chi connectivity index (χ1) is 9.47. The van der Waals surface area contributed by atoms with E-state index >= 15 is 0 Å². The van der Waals surface area contributed by atoms with Gasteiger partial charge in [0.2, 0.25) is 5.91 Å². The average molecular weight is 414 g/mol. The first-order valence-corrected chi connectivity index (χ1v) is 7.28. The summed E-state index contributed by atoms with van der Waals surface area (Å²) in [6, 6.07) is 0. The SMILES string of the molecule is CCNC(=O)C(C)(C)CNC(=NC)NCCCOCC.I. The molecule has 0 aliphatic heterocycles. The van der Waals surface area contributed by atoms with E-state index in [4.69, 9.17) is 4.74 Å². The molecule has 126 valence electrons. The van der Waals surface area contributed by atoms with Gasteiger partial charge in [-0.05, 0) is 34.1 Å². The van der Waals surface area contributed by atoms with Crippen molar-refractivity contribution < 1.29 is 9.53 Å². The third-order valence-corrected chi connectivity index (χ3v) is 2.84. The van der Waals surface area contributed by atoms with Crippen LogP contribution < -0.4 is 16.0 Å². The lowest BCUT2D eigenvalue weighted by Gasteiger charge is -2.24. The number of guanidine groups is 1. The largest absolute Gasteiger partial charge is 0.382 e. The molecule has 0 fully saturated rings. The van der Waals surface area contributed by atoms with Gasteiger partial charge in [0.1, 0.15) is 0 Å². The first-order valence-electron chi connectivity index (χ1n) is 7.28. The second-order valence-corrected chi connectivity index (χ2v) is 5.15. The summed E-state index contributed by atoms with van der Waals surface area (Å²) < 4.78 is 5.27. The van der Waals surface area contributed by atoms with Gasteiger partial charge in [0.25, 0.3) is 0 Å². The number of ether oxygens (including phenoxy) is 1. The van der Waals surface area contributed by atoms with Crippen LogP contribution in [0.15, 0.2) is 4.99 Å². The highest BCUT2D eigenvalue weighted by molar-refractivity contribution is 14.0. The Morgan fingerprint density at radius 2 is 1.86 bits per heavy atom. The first kappa shape index (κ1) is 22.7. The van der Waals surface area contributed by atoms with Crippen molar-refractivity contribution in [3.63, 3.8) is 0 Å². The van der Waals surface area contributed by atoms with Crippen molar-refractivity contribution in [2.24, 2.45) is 10.4 Å². The Balaban J connectivity index is 0. The molecule has 7 heteroatoms. The van der Waals surface area contributed by atoms with Gasteiger partial charge in [-0.2, -0.15) is 0 Å². The normalized spacial score (nSPS) is 11.6. The van der Waals surface area contributed by atoms with Gasteiger partial charge in [-0.25, -0.2) is 0 Å². The maximum absolute atomic E-state index is 11.9. The van der Waals surface area contributed by atoms with E-state index in [0.717, 1.165) is 26.2 Å². The molecule has 21 heavy (non-hydrogen) atoms. The maximum atomic E-state index is 11.9. The molecule has 0 spiro atoms. The third kappa shape index (κ3) is 10.8. The zero-order valence-electron chi connectivity index (χ0n) is 13.9. The number of carbonyl (C=O) groups excluding carboxylic acids is 1. The summed E-state index contributed by atoms with van der Waals surface area (Å²) in [5, 5.41) is 9.21. The standard InChI is InChI=1S/C14H30N4O2.HI/c1-6-16-12(19)14(3,4)11-18-13(15-5)17-9-8-10-20-7-2;/h6-11H2,1-5H3,(H,16,19)(H2,15,17,18);1H. The molecule has 0 heterocycles. The fourth-order valence-corrected chi connectivity index (χ4v) is 1.53. The van der Waals surface area contributed by atoms with Crippen molar-refractivity contribution in [2.45, 2.75) is 34.1 Å². The molecule has 0 aliphatic carbocycles. The van der Waals surface area contributed by atoms with Gasteiger partial charge in [-0.1, -0.05) is 0 Å². The van der Waals surface area contributed by atoms with Crippen LogP contribution in [0.4, 0.5) is 0 Å². The number of aliphatic imine (C=N–C) groups is 1. The maximum Gasteiger partial charge on any atom is 0.227 e. The van der Waals surface area contributed by atoms with Crippen LogP contribution in [0, 0.1) is 5.41 Å². The molecule has 0 unspecified atom stereocenters. The van der Waals surface area contributed by atoms with E-state index in [1.165, 1.54) is 0 Å². The lowest BCUT2D eigenvalue weighted by atomic mass is 9.92. The van der Waals surface area contributed by atoms with Crippen molar-refractivity contribution >= 4 is 35.8 Å². The molecule has 0 rings (SSSR count). The van der Waals surface area contributed by atoms with E-state index in [1.807, 2.05) is 27.7 Å². The summed E-state index contributed by atoms with van der Waals surface area (Å²) in [4.78, 5) is 16.0. The van der Waals surface area contributed by atoms with Crippen LogP contribution in [0.25, 0.3) is 0 Å². The molecule has 0 atom stereocenters. The number of rotatable bonds is 9. The second kappa shape index (κ2) is 13.1. The minimum Gasteiger partial charge on any atom is -0.382 e. The quantitative estimate of drug-likeness (QED) is 0.231. The van der Waals surface area contributed by atoms with E-state index in [-0.39, 0.29) is 29.9 Å². The highest BCUT2D eigenvalue weighted by atomic mass is 127.